The molecule has 1 fully saturated rings. The molecule has 0 saturated heterocycles. The van der Waals surface area contributed by atoms with E-state index in [0.29, 0.717) is 23.9 Å². The predicted octanol–water partition coefficient (Wildman–Crippen LogP) is 2.89. The highest BCUT2D eigenvalue weighted by molar-refractivity contribution is 6.36. The summed E-state index contributed by atoms with van der Waals surface area (Å²) >= 11 is 0. The summed E-state index contributed by atoms with van der Waals surface area (Å²) in [5.74, 6) is -2.79. The van der Waals surface area contributed by atoms with Crippen molar-refractivity contribution in [2.75, 3.05) is 5.32 Å². The van der Waals surface area contributed by atoms with Crippen LogP contribution in [0.3, 0.4) is 0 Å². The first-order valence-electron chi connectivity index (χ1n) is 13.9. The van der Waals surface area contributed by atoms with Crippen LogP contribution >= 0.6 is 0 Å². The van der Waals surface area contributed by atoms with Gasteiger partial charge in [0.05, 0.1) is 6.54 Å². The second-order valence-corrected chi connectivity index (χ2v) is 10.1. The molecule has 1 aliphatic carbocycles. The second kappa shape index (κ2) is 13.7. The third kappa shape index (κ3) is 7.16. The number of pyridine rings is 1. The summed E-state index contributed by atoms with van der Waals surface area (Å²) in [5.41, 5.74) is 0.481. The molecule has 1 aromatic carbocycles. The van der Waals surface area contributed by atoms with Crippen LogP contribution in [0.25, 0.3) is 11.0 Å². The maximum atomic E-state index is 13.4. The number of aryl methyl sites for hydroxylation is 1. The molecule has 4 rings (SSSR count). The van der Waals surface area contributed by atoms with E-state index >= 15 is 0 Å². The fraction of sp³-hybridized carbons (Fsp3) is 0.400. The van der Waals surface area contributed by atoms with Crippen LogP contribution < -0.4 is 21.5 Å². The number of anilines is 1. The van der Waals surface area contributed by atoms with Crippen molar-refractivity contribution in [2.45, 2.75) is 76.9 Å². The smallest absolute Gasteiger partial charge is 0.287 e. The first-order chi connectivity index (χ1) is 19.8. The van der Waals surface area contributed by atoms with Gasteiger partial charge in [-0.25, -0.2) is 0 Å². The van der Waals surface area contributed by atoms with Crippen LogP contribution in [-0.2, 0) is 32.1 Å². The summed E-state index contributed by atoms with van der Waals surface area (Å²) in [6, 6.07) is 8.73. The molecule has 0 bridgehead atoms. The Morgan fingerprint density at radius 3 is 2.56 bits per heavy atom. The molecule has 2 aromatic heterocycles. The normalized spacial score (nSPS) is 14.3. The number of fused-ring (bicyclic) bond motifs is 1. The van der Waals surface area contributed by atoms with Gasteiger partial charge in [0, 0.05) is 29.6 Å². The van der Waals surface area contributed by atoms with Gasteiger partial charge in [-0.1, -0.05) is 44.4 Å². The Kier molecular flexibility index (Phi) is 9.83. The average Bonchev–Trinajstić information content (AvgIpc) is 3.36. The van der Waals surface area contributed by atoms with Crippen LogP contribution in [0.2, 0.25) is 0 Å². The summed E-state index contributed by atoms with van der Waals surface area (Å²) in [4.78, 5) is 75.5. The quantitative estimate of drug-likeness (QED) is 0.226. The van der Waals surface area contributed by atoms with Crippen LogP contribution in [0.15, 0.2) is 51.8 Å². The molecule has 3 aromatic rings. The molecule has 3 amide bonds. The molecule has 41 heavy (non-hydrogen) atoms. The molecule has 1 saturated carbocycles. The Hall–Kier alpha value is -4.54. The van der Waals surface area contributed by atoms with Crippen molar-refractivity contribution in [3.8, 4) is 0 Å². The number of ketones is 1. The predicted molar refractivity (Wildman–Crippen MR) is 151 cm³/mol. The topological polar surface area (TPSA) is 157 Å². The molecule has 11 heteroatoms. The van der Waals surface area contributed by atoms with Gasteiger partial charge in [0.1, 0.15) is 23.6 Å². The van der Waals surface area contributed by atoms with Crippen molar-refractivity contribution in [2.24, 2.45) is 0 Å². The first-order valence-corrected chi connectivity index (χ1v) is 13.9. The number of nitrogens with zero attached hydrogens (tertiary/aromatic N) is 1. The van der Waals surface area contributed by atoms with E-state index in [-0.39, 0.29) is 36.9 Å². The fourth-order valence-corrected chi connectivity index (χ4v) is 5.10. The number of nitrogens with one attached hydrogen (secondary N) is 3. The third-order valence-corrected chi connectivity index (χ3v) is 7.28. The number of para-hydroxylation sites is 1. The van der Waals surface area contributed by atoms with Crippen molar-refractivity contribution in [3.05, 3.63) is 64.3 Å². The number of Topliss-reactive ketones (excluding diaryl/α,β-unsaturated/α-hetero) is 1. The van der Waals surface area contributed by atoms with E-state index in [1.54, 1.807) is 12.1 Å². The Morgan fingerprint density at radius 2 is 1.83 bits per heavy atom. The van der Waals surface area contributed by atoms with Gasteiger partial charge in [-0.3, -0.25) is 24.0 Å². The van der Waals surface area contributed by atoms with Gasteiger partial charge in [-0.05, 0) is 43.9 Å². The van der Waals surface area contributed by atoms with Crippen molar-refractivity contribution >= 4 is 46.4 Å². The van der Waals surface area contributed by atoms with E-state index in [2.05, 4.69) is 16.0 Å². The molecule has 3 N–H and O–H groups in total. The third-order valence-electron chi connectivity index (χ3n) is 7.28. The lowest BCUT2D eigenvalue weighted by molar-refractivity contribution is -0.138. The zero-order valence-corrected chi connectivity index (χ0v) is 22.9. The molecule has 0 radical (unpaired) electrons. The number of amides is 3. The van der Waals surface area contributed by atoms with Crippen molar-refractivity contribution in [1.82, 2.24) is 15.2 Å². The molecule has 1 aliphatic rings. The van der Waals surface area contributed by atoms with Gasteiger partial charge in [-0.15, -0.1) is 0 Å². The van der Waals surface area contributed by atoms with Crippen molar-refractivity contribution in [3.63, 3.8) is 0 Å². The lowest BCUT2D eigenvalue weighted by Gasteiger charge is -2.22. The summed E-state index contributed by atoms with van der Waals surface area (Å²) in [7, 11) is 0. The molecule has 11 nitrogen and oxygen atoms in total. The molecule has 216 valence electrons. The average molecular weight is 563 g/mol. The second-order valence-electron chi connectivity index (χ2n) is 10.1. The molecule has 0 aliphatic heterocycles. The van der Waals surface area contributed by atoms with Crippen molar-refractivity contribution in [1.29, 1.82) is 0 Å². The number of rotatable bonds is 12. The van der Waals surface area contributed by atoms with Crippen LogP contribution in [0.5, 0.6) is 0 Å². The van der Waals surface area contributed by atoms with Gasteiger partial charge in [-0.2, -0.15) is 0 Å². The monoisotopic (exact) mass is 562 g/mol. The Morgan fingerprint density at radius 1 is 1.07 bits per heavy atom. The molecular formula is C30H34N4O7. The van der Waals surface area contributed by atoms with E-state index in [1.807, 2.05) is 19.1 Å². The standard InChI is InChI=1S/C30H34N4O7/c1-2-20-21-11-6-7-13-25(21)41-26(20)29(39)32-22(14-15-24(36)28(38)31-19-9-4-3-5-10-19)27(37)33-23-12-8-16-34(17-18-35)30(23)40/h6-8,11-13,16,18-19,22H,2-5,9-10,14-15,17H2,1H3,(H,31,38)(H,32,39)(H,33,37). The van der Waals surface area contributed by atoms with E-state index < -0.39 is 35.1 Å². The zero-order chi connectivity index (χ0) is 29.4. The zero-order valence-electron chi connectivity index (χ0n) is 22.9. The summed E-state index contributed by atoms with van der Waals surface area (Å²) in [6.45, 7) is 1.68. The maximum absolute atomic E-state index is 13.4. The highest BCUT2D eigenvalue weighted by Gasteiger charge is 2.28. The van der Waals surface area contributed by atoms with Crippen molar-refractivity contribution < 1.29 is 28.4 Å². The highest BCUT2D eigenvalue weighted by Crippen LogP contribution is 2.26. The number of hydrogen-bond donors (Lipinski definition) is 3. The fourth-order valence-electron chi connectivity index (χ4n) is 5.10. The van der Waals surface area contributed by atoms with Crippen LogP contribution in [0, 0.1) is 0 Å². The van der Waals surface area contributed by atoms with Crippen LogP contribution in [-0.4, -0.2) is 46.4 Å². The van der Waals surface area contributed by atoms with E-state index in [1.165, 1.54) is 18.3 Å². The largest absolute Gasteiger partial charge is 0.451 e. The van der Waals surface area contributed by atoms with E-state index in [0.717, 1.165) is 42.1 Å². The number of aldehydes is 1. The lowest BCUT2D eigenvalue weighted by Crippen LogP contribution is -2.46. The van der Waals surface area contributed by atoms with Gasteiger partial charge in [0.15, 0.2) is 5.76 Å². The number of aromatic nitrogens is 1. The summed E-state index contributed by atoms with van der Waals surface area (Å²) < 4.78 is 6.92. The minimum atomic E-state index is -1.27. The van der Waals surface area contributed by atoms with E-state index in [9.17, 15) is 28.8 Å². The minimum absolute atomic E-state index is 0.0425. The number of benzene rings is 1. The molecular weight excluding hydrogens is 528 g/mol. The van der Waals surface area contributed by atoms with E-state index in [4.69, 9.17) is 4.42 Å². The van der Waals surface area contributed by atoms with Gasteiger partial charge < -0.3 is 29.7 Å². The first kappa shape index (κ1) is 29.4. The molecule has 0 spiro atoms. The Balaban J connectivity index is 1.53. The number of furan rings is 1. The Labute approximate surface area is 236 Å². The molecule has 2 heterocycles. The van der Waals surface area contributed by atoms with Crippen LogP contribution in [0.4, 0.5) is 5.69 Å². The highest BCUT2D eigenvalue weighted by atomic mass is 16.3. The molecule has 1 unspecified atom stereocenters. The van der Waals surface area contributed by atoms with Gasteiger partial charge >= 0.3 is 0 Å². The minimum Gasteiger partial charge on any atom is -0.451 e. The number of hydrogen-bond acceptors (Lipinski definition) is 7. The maximum Gasteiger partial charge on any atom is 0.287 e. The van der Waals surface area contributed by atoms with Gasteiger partial charge in [0.25, 0.3) is 17.4 Å². The molecule has 1 atom stereocenters. The summed E-state index contributed by atoms with van der Waals surface area (Å²) in [5, 5.41) is 8.67. The number of carbonyl (C=O) groups excluding carboxylic acids is 5. The number of carbonyl (C=O) groups is 5. The van der Waals surface area contributed by atoms with Crippen LogP contribution in [0.1, 0.15) is 68.0 Å². The van der Waals surface area contributed by atoms with Gasteiger partial charge in [0.2, 0.25) is 11.7 Å². The summed E-state index contributed by atoms with van der Waals surface area (Å²) in [6.07, 6.45) is 6.67. The lowest BCUT2D eigenvalue weighted by atomic mass is 9.95. The SMILES string of the molecule is CCc1c(C(=O)NC(CCC(=O)C(=O)NC2CCCCC2)C(=O)Nc2cccn(CC=O)c2=O)oc2ccccc12. The Bertz CT molecular complexity index is 1500.